The van der Waals surface area contributed by atoms with Gasteiger partial charge in [0.25, 0.3) is 5.69 Å². The molecule has 1 aromatic rings. The topological polar surface area (TPSA) is 94.8 Å². The van der Waals surface area contributed by atoms with Crippen LogP contribution in [0.1, 0.15) is 6.42 Å². The summed E-state index contributed by atoms with van der Waals surface area (Å²) >= 11 is 0. The second kappa shape index (κ2) is 11.2. The summed E-state index contributed by atoms with van der Waals surface area (Å²) < 4.78 is 37.3. The van der Waals surface area contributed by atoms with Crippen LogP contribution in [-0.2, 0) is 0 Å². The molecule has 1 saturated heterocycles. The number of rotatable bonds is 7. The predicted octanol–water partition coefficient (Wildman–Crippen LogP) is 2.43. The molecule has 12 heteroatoms. The number of para-hydroxylation sites is 2. The normalized spacial score (nSPS) is 17.7. The number of anilines is 1. The average Bonchev–Trinajstić information content (AvgIpc) is 3.02. The van der Waals surface area contributed by atoms with E-state index in [1.165, 1.54) is 11.0 Å². The van der Waals surface area contributed by atoms with E-state index < -0.39 is 17.6 Å². The highest BCUT2D eigenvalue weighted by molar-refractivity contribution is 14.0. The van der Waals surface area contributed by atoms with Gasteiger partial charge in [0.15, 0.2) is 5.96 Å². The van der Waals surface area contributed by atoms with Crippen molar-refractivity contribution < 1.29 is 18.1 Å². The molecule has 2 rings (SSSR count). The Morgan fingerprint density at radius 1 is 1.36 bits per heavy atom. The van der Waals surface area contributed by atoms with Gasteiger partial charge in [0.1, 0.15) is 5.69 Å². The fraction of sp³-hybridized carbons (Fsp3) is 0.562. The lowest BCUT2D eigenvalue weighted by molar-refractivity contribution is -0.384. The van der Waals surface area contributed by atoms with E-state index in [9.17, 15) is 23.3 Å². The molecule has 1 fully saturated rings. The Labute approximate surface area is 178 Å². The minimum atomic E-state index is -4.19. The number of benzene rings is 1. The third-order valence-corrected chi connectivity index (χ3v) is 4.07. The van der Waals surface area contributed by atoms with Crippen molar-refractivity contribution in [3.63, 3.8) is 0 Å². The number of halogens is 4. The van der Waals surface area contributed by atoms with Crippen LogP contribution < -0.4 is 16.0 Å². The number of alkyl halides is 3. The van der Waals surface area contributed by atoms with E-state index >= 15 is 0 Å². The number of nitrogens with zero attached hydrogens (tertiary/aromatic N) is 3. The maximum absolute atomic E-state index is 12.4. The van der Waals surface area contributed by atoms with Gasteiger partial charge in [0, 0.05) is 45.3 Å². The number of likely N-dealkylation sites (tertiary alicyclic amines) is 1. The van der Waals surface area contributed by atoms with Gasteiger partial charge < -0.3 is 16.0 Å². The van der Waals surface area contributed by atoms with Gasteiger partial charge in [-0.1, -0.05) is 12.1 Å². The Bertz CT molecular complexity index is 674. The highest BCUT2D eigenvalue weighted by atomic mass is 127. The largest absolute Gasteiger partial charge is 0.401 e. The number of nitro groups is 1. The van der Waals surface area contributed by atoms with Crippen LogP contribution in [-0.4, -0.2) is 67.8 Å². The molecule has 0 aromatic heterocycles. The van der Waals surface area contributed by atoms with E-state index in [0.29, 0.717) is 44.2 Å². The molecule has 0 radical (unpaired) electrons. The van der Waals surface area contributed by atoms with Crippen LogP contribution in [0.25, 0.3) is 0 Å². The maximum atomic E-state index is 12.4. The van der Waals surface area contributed by atoms with Gasteiger partial charge in [-0.25, -0.2) is 0 Å². The van der Waals surface area contributed by atoms with Crippen LogP contribution in [0.3, 0.4) is 0 Å². The van der Waals surface area contributed by atoms with E-state index in [1.807, 2.05) is 0 Å². The molecular weight excluding hydrogens is 492 g/mol. The molecule has 0 spiro atoms. The number of nitro benzene ring substituents is 1. The van der Waals surface area contributed by atoms with Crippen LogP contribution >= 0.6 is 24.0 Å². The monoisotopic (exact) mass is 516 g/mol. The summed E-state index contributed by atoms with van der Waals surface area (Å²) in [6, 6.07) is 6.23. The highest BCUT2D eigenvalue weighted by Gasteiger charge is 2.34. The summed E-state index contributed by atoms with van der Waals surface area (Å²) in [5.74, 6) is 0.484. The van der Waals surface area contributed by atoms with Gasteiger partial charge in [-0.05, 0) is 12.5 Å². The average molecular weight is 516 g/mol. The zero-order valence-electron chi connectivity index (χ0n) is 15.3. The first-order valence-corrected chi connectivity index (χ1v) is 8.52. The molecule has 0 amide bonds. The van der Waals surface area contributed by atoms with Gasteiger partial charge in [-0.2, -0.15) is 13.2 Å². The second-order valence-electron chi connectivity index (χ2n) is 6.18. The van der Waals surface area contributed by atoms with Crippen LogP contribution in [0.4, 0.5) is 24.5 Å². The summed E-state index contributed by atoms with van der Waals surface area (Å²) in [5, 5.41) is 20.1. The number of aliphatic imine (C=N–C) groups is 1. The predicted molar refractivity (Wildman–Crippen MR) is 112 cm³/mol. The zero-order valence-corrected chi connectivity index (χ0v) is 17.7. The molecule has 1 aromatic carbocycles. The molecule has 3 N–H and O–H groups in total. The van der Waals surface area contributed by atoms with Crippen molar-refractivity contribution in [3.05, 3.63) is 34.4 Å². The van der Waals surface area contributed by atoms with Crippen LogP contribution in [0.15, 0.2) is 29.3 Å². The van der Waals surface area contributed by atoms with E-state index in [4.69, 9.17) is 0 Å². The molecule has 0 saturated carbocycles. The van der Waals surface area contributed by atoms with E-state index in [0.717, 1.165) is 0 Å². The first-order valence-electron chi connectivity index (χ1n) is 8.52. The van der Waals surface area contributed by atoms with E-state index in [-0.39, 0.29) is 35.7 Å². The Morgan fingerprint density at radius 3 is 2.71 bits per heavy atom. The molecule has 28 heavy (non-hydrogen) atoms. The Balaban J connectivity index is 0.00000392. The first-order chi connectivity index (χ1) is 12.8. The number of nitrogens with one attached hydrogen (secondary N) is 3. The fourth-order valence-corrected chi connectivity index (χ4v) is 2.90. The van der Waals surface area contributed by atoms with Crippen molar-refractivity contribution in [2.24, 2.45) is 4.99 Å². The van der Waals surface area contributed by atoms with Crippen molar-refractivity contribution >= 4 is 41.3 Å². The quantitative estimate of drug-likeness (QED) is 0.129. The summed E-state index contributed by atoms with van der Waals surface area (Å²) in [7, 11) is 1.58. The zero-order chi connectivity index (χ0) is 19.9. The molecule has 0 bridgehead atoms. The number of hydrogen-bond acceptors (Lipinski definition) is 5. The second-order valence-corrected chi connectivity index (χ2v) is 6.18. The third-order valence-electron chi connectivity index (χ3n) is 4.07. The molecule has 1 heterocycles. The standard InChI is InChI=1S/C16H23F3N6O2.HI/c1-20-15(23-12-6-9-24(10-12)11-16(17,18)19)22-8-7-21-13-4-2-3-5-14(13)25(26)27;/h2-5,12,21H,6-11H2,1H3,(H2,20,22,23);1H. The number of guanidine groups is 1. The molecule has 1 unspecified atom stereocenters. The molecule has 8 nitrogen and oxygen atoms in total. The third kappa shape index (κ3) is 8.04. The molecule has 0 aliphatic carbocycles. The van der Waals surface area contributed by atoms with Crippen LogP contribution in [0, 0.1) is 10.1 Å². The minimum absolute atomic E-state index is 0. The lowest BCUT2D eigenvalue weighted by atomic mass is 10.2. The summed E-state index contributed by atoms with van der Waals surface area (Å²) in [4.78, 5) is 15.9. The van der Waals surface area contributed by atoms with Crippen molar-refractivity contribution in [2.45, 2.75) is 18.6 Å². The number of hydrogen-bond donors (Lipinski definition) is 3. The fourth-order valence-electron chi connectivity index (χ4n) is 2.90. The molecule has 1 aliphatic heterocycles. The van der Waals surface area contributed by atoms with Crippen molar-refractivity contribution in [3.8, 4) is 0 Å². The van der Waals surface area contributed by atoms with Crippen molar-refractivity contribution in [1.82, 2.24) is 15.5 Å². The van der Waals surface area contributed by atoms with Gasteiger partial charge in [-0.3, -0.25) is 20.0 Å². The molecule has 1 aliphatic rings. The lowest BCUT2D eigenvalue weighted by Gasteiger charge is -2.20. The summed E-state index contributed by atoms with van der Waals surface area (Å²) in [5.41, 5.74) is 0.418. The summed E-state index contributed by atoms with van der Waals surface area (Å²) in [6.07, 6.45) is -3.59. The van der Waals surface area contributed by atoms with Crippen molar-refractivity contribution in [1.29, 1.82) is 0 Å². The highest BCUT2D eigenvalue weighted by Crippen LogP contribution is 2.22. The first kappa shape index (κ1) is 24.2. The Hall–Kier alpha value is -1.83. The van der Waals surface area contributed by atoms with E-state index in [2.05, 4.69) is 20.9 Å². The minimum Gasteiger partial charge on any atom is -0.378 e. The SMILES string of the molecule is CN=C(NCCNc1ccccc1[N+](=O)[O-])NC1CCN(CC(F)(F)F)C1.I. The van der Waals surface area contributed by atoms with Crippen LogP contribution in [0.2, 0.25) is 0 Å². The molecule has 1 atom stereocenters. The van der Waals surface area contributed by atoms with Gasteiger partial charge in [0.05, 0.1) is 11.5 Å². The Kier molecular flexibility index (Phi) is 9.72. The van der Waals surface area contributed by atoms with Crippen molar-refractivity contribution in [2.75, 3.05) is 45.1 Å². The summed E-state index contributed by atoms with van der Waals surface area (Å²) in [6.45, 7) is 0.625. The van der Waals surface area contributed by atoms with Gasteiger partial charge in [-0.15, -0.1) is 24.0 Å². The Morgan fingerprint density at radius 2 is 2.07 bits per heavy atom. The maximum Gasteiger partial charge on any atom is 0.401 e. The molecule has 158 valence electrons. The molecular formula is C16H24F3IN6O2. The smallest absolute Gasteiger partial charge is 0.378 e. The van der Waals surface area contributed by atoms with Crippen LogP contribution in [0.5, 0.6) is 0 Å². The van der Waals surface area contributed by atoms with Gasteiger partial charge in [0.2, 0.25) is 0 Å². The van der Waals surface area contributed by atoms with Gasteiger partial charge >= 0.3 is 6.18 Å². The van der Waals surface area contributed by atoms with E-state index in [1.54, 1.807) is 25.2 Å². The lowest BCUT2D eigenvalue weighted by Crippen LogP contribution is -2.46.